The van der Waals surface area contributed by atoms with Crippen LogP contribution in [0.2, 0.25) is 0 Å². The summed E-state index contributed by atoms with van der Waals surface area (Å²) < 4.78 is 0. The number of hydrogen-bond acceptors (Lipinski definition) is 3. The SMILES string of the molecule is CCCN(CC(=O)NC)C(=O)C=Cc1ccc2c(c1)CCCN2C. The van der Waals surface area contributed by atoms with Crippen molar-refractivity contribution in [2.75, 3.05) is 38.6 Å². The lowest BCUT2D eigenvalue weighted by molar-refractivity contribution is -0.132. The fourth-order valence-electron chi connectivity index (χ4n) is 2.97. The van der Waals surface area contributed by atoms with E-state index >= 15 is 0 Å². The van der Waals surface area contributed by atoms with Crippen molar-refractivity contribution in [3.05, 3.63) is 35.4 Å². The van der Waals surface area contributed by atoms with Gasteiger partial charge in [0.1, 0.15) is 0 Å². The third-order valence-electron chi connectivity index (χ3n) is 4.29. The number of nitrogens with one attached hydrogen (secondary N) is 1. The van der Waals surface area contributed by atoms with Gasteiger partial charge >= 0.3 is 0 Å². The minimum Gasteiger partial charge on any atom is -0.374 e. The van der Waals surface area contributed by atoms with Crippen LogP contribution in [0.15, 0.2) is 24.3 Å². The quantitative estimate of drug-likeness (QED) is 0.813. The summed E-state index contributed by atoms with van der Waals surface area (Å²) in [5.41, 5.74) is 3.62. The zero-order valence-corrected chi connectivity index (χ0v) is 14.8. The van der Waals surface area contributed by atoms with Gasteiger partial charge in [0.05, 0.1) is 6.54 Å². The van der Waals surface area contributed by atoms with Crippen molar-refractivity contribution in [2.24, 2.45) is 0 Å². The largest absolute Gasteiger partial charge is 0.374 e. The zero-order chi connectivity index (χ0) is 17.5. The van der Waals surface area contributed by atoms with Crippen molar-refractivity contribution in [2.45, 2.75) is 26.2 Å². The van der Waals surface area contributed by atoms with Crippen LogP contribution in [0.4, 0.5) is 5.69 Å². The van der Waals surface area contributed by atoms with Crippen LogP contribution in [0.3, 0.4) is 0 Å². The van der Waals surface area contributed by atoms with E-state index in [1.165, 1.54) is 11.3 Å². The highest BCUT2D eigenvalue weighted by Crippen LogP contribution is 2.27. The molecule has 1 aliphatic heterocycles. The Hall–Kier alpha value is -2.30. The highest BCUT2D eigenvalue weighted by Gasteiger charge is 2.15. The van der Waals surface area contributed by atoms with E-state index in [2.05, 4.69) is 29.4 Å². The molecular formula is C19H27N3O2. The molecule has 0 unspecified atom stereocenters. The number of benzene rings is 1. The fourth-order valence-corrected chi connectivity index (χ4v) is 2.97. The number of aryl methyl sites for hydroxylation is 1. The van der Waals surface area contributed by atoms with Crippen molar-refractivity contribution >= 4 is 23.6 Å². The smallest absolute Gasteiger partial charge is 0.247 e. The van der Waals surface area contributed by atoms with Crippen LogP contribution < -0.4 is 10.2 Å². The zero-order valence-electron chi connectivity index (χ0n) is 14.8. The molecule has 130 valence electrons. The number of carbonyl (C=O) groups is 2. The number of likely N-dealkylation sites (N-methyl/N-ethyl adjacent to an activating group) is 1. The third-order valence-corrected chi connectivity index (χ3v) is 4.29. The molecule has 0 spiro atoms. The second kappa shape index (κ2) is 8.52. The number of anilines is 1. The molecule has 1 N–H and O–H groups in total. The lowest BCUT2D eigenvalue weighted by atomic mass is 9.99. The molecule has 0 fully saturated rings. The van der Waals surface area contributed by atoms with E-state index < -0.39 is 0 Å². The van der Waals surface area contributed by atoms with E-state index in [0.29, 0.717) is 6.54 Å². The molecule has 24 heavy (non-hydrogen) atoms. The first-order valence-corrected chi connectivity index (χ1v) is 8.56. The summed E-state index contributed by atoms with van der Waals surface area (Å²) >= 11 is 0. The summed E-state index contributed by atoms with van der Waals surface area (Å²) in [5, 5.41) is 2.56. The number of nitrogens with zero attached hydrogens (tertiary/aromatic N) is 2. The summed E-state index contributed by atoms with van der Waals surface area (Å²) in [6, 6.07) is 6.30. The van der Waals surface area contributed by atoms with Crippen LogP contribution in [0.1, 0.15) is 30.9 Å². The Morgan fingerprint density at radius 3 is 2.88 bits per heavy atom. The van der Waals surface area contributed by atoms with Gasteiger partial charge in [0, 0.05) is 38.9 Å². The Balaban J connectivity index is 2.08. The fraction of sp³-hybridized carbons (Fsp3) is 0.474. The molecule has 1 aliphatic rings. The Bertz CT molecular complexity index is 625. The van der Waals surface area contributed by atoms with Crippen LogP contribution in [0.25, 0.3) is 6.08 Å². The maximum absolute atomic E-state index is 12.3. The van der Waals surface area contributed by atoms with E-state index in [4.69, 9.17) is 0 Å². The lowest BCUT2D eigenvalue weighted by Crippen LogP contribution is -2.39. The van der Waals surface area contributed by atoms with Crippen molar-refractivity contribution < 1.29 is 9.59 Å². The average molecular weight is 329 g/mol. The molecule has 0 saturated carbocycles. The summed E-state index contributed by atoms with van der Waals surface area (Å²) in [6.07, 6.45) is 6.46. The van der Waals surface area contributed by atoms with Crippen molar-refractivity contribution in [3.8, 4) is 0 Å². The third kappa shape index (κ3) is 4.60. The van der Waals surface area contributed by atoms with Gasteiger partial charge in [-0.2, -0.15) is 0 Å². The minimum absolute atomic E-state index is 0.0997. The number of carbonyl (C=O) groups excluding carboxylic acids is 2. The highest BCUT2D eigenvalue weighted by atomic mass is 16.2. The molecule has 0 aromatic heterocycles. The first kappa shape index (κ1) is 18.0. The Morgan fingerprint density at radius 2 is 2.17 bits per heavy atom. The molecule has 2 amide bonds. The Labute approximate surface area is 144 Å². The van der Waals surface area contributed by atoms with Crippen LogP contribution >= 0.6 is 0 Å². The lowest BCUT2D eigenvalue weighted by Gasteiger charge is -2.27. The van der Waals surface area contributed by atoms with Crippen LogP contribution in [0.5, 0.6) is 0 Å². The van der Waals surface area contributed by atoms with Gasteiger partial charge in [-0.25, -0.2) is 0 Å². The van der Waals surface area contributed by atoms with Gasteiger partial charge in [-0.05, 0) is 48.6 Å². The standard InChI is InChI=1S/C19H27N3O2/c1-4-11-22(14-18(23)20-2)19(24)10-8-15-7-9-17-16(13-15)6-5-12-21(17)3/h7-10,13H,4-6,11-12,14H2,1-3H3,(H,20,23). The van der Waals surface area contributed by atoms with Gasteiger partial charge in [-0.15, -0.1) is 0 Å². The monoisotopic (exact) mass is 329 g/mol. The molecule has 5 nitrogen and oxygen atoms in total. The second-order valence-corrected chi connectivity index (χ2v) is 6.18. The molecule has 0 radical (unpaired) electrons. The number of hydrogen-bond donors (Lipinski definition) is 1. The molecule has 1 aromatic carbocycles. The van der Waals surface area contributed by atoms with Gasteiger partial charge in [0.2, 0.25) is 11.8 Å². The Kier molecular flexibility index (Phi) is 6.41. The summed E-state index contributed by atoms with van der Waals surface area (Å²) in [5.74, 6) is -0.280. The molecule has 0 saturated heterocycles. The predicted octanol–water partition coefficient (Wildman–Crippen LogP) is 2.07. The van der Waals surface area contributed by atoms with Crippen LogP contribution in [-0.2, 0) is 16.0 Å². The van der Waals surface area contributed by atoms with Gasteiger partial charge in [0.25, 0.3) is 0 Å². The van der Waals surface area contributed by atoms with E-state index in [9.17, 15) is 9.59 Å². The first-order chi connectivity index (χ1) is 11.5. The van der Waals surface area contributed by atoms with Gasteiger partial charge in [0.15, 0.2) is 0 Å². The van der Waals surface area contributed by atoms with Crippen molar-refractivity contribution in [3.63, 3.8) is 0 Å². The molecule has 1 heterocycles. The number of rotatable bonds is 6. The predicted molar refractivity (Wildman–Crippen MR) is 98.0 cm³/mol. The van der Waals surface area contributed by atoms with Gasteiger partial charge in [-0.3, -0.25) is 9.59 Å². The first-order valence-electron chi connectivity index (χ1n) is 8.56. The molecule has 1 aromatic rings. The number of amides is 2. The van der Waals surface area contributed by atoms with E-state index in [1.807, 2.05) is 19.1 Å². The molecule has 5 heteroatoms. The van der Waals surface area contributed by atoms with E-state index in [0.717, 1.165) is 31.4 Å². The van der Waals surface area contributed by atoms with Crippen LogP contribution in [-0.4, -0.2) is 50.4 Å². The molecular weight excluding hydrogens is 302 g/mol. The summed E-state index contributed by atoms with van der Waals surface area (Å²) in [4.78, 5) is 27.7. The molecule has 0 aliphatic carbocycles. The maximum Gasteiger partial charge on any atom is 0.247 e. The molecule has 0 atom stereocenters. The maximum atomic E-state index is 12.3. The van der Waals surface area contributed by atoms with E-state index in [-0.39, 0.29) is 18.4 Å². The number of fused-ring (bicyclic) bond motifs is 1. The summed E-state index contributed by atoms with van der Waals surface area (Å²) in [6.45, 7) is 3.76. The van der Waals surface area contributed by atoms with Gasteiger partial charge in [-0.1, -0.05) is 13.0 Å². The highest BCUT2D eigenvalue weighted by molar-refractivity contribution is 5.94. The molecule has 0 bridgehead atoms. The normalized spacial score (nSPS) is 13.7. The van der Waals surface area contributed by atoms with Crippen molar-refractivity contribution in [1.29, 1.82) is 0 Å². The summed E-state index contributed by atoms with van der Waals surface area (Å²) in [7, 11) is 3.69. The van der Waals surface area contributed by atoms with Crippen molar-refractivity contribution in [1.82, 2.24) is 10.2 Å². The topological polar surface area (TPSA) is 52.7 Å². The van der Waals surface area contributed by atoms with Gasteiger partial charge < -0.3 is 15.1 Å². The Morgan fingerprint density at radius 1 is 1.38 bits per heavy atom. The molecule has 2 rings (SSSR count). The average Bonchev–Trinajstić information content (AvgIpc) is 2.59. The van der Waals surface area contributed by atoms with E-state index in [1.54, 1.807) is 18.0 Å². The van der Waals surface area contributed by atoms with Crippen LogP contribution in [0, 0.1) is 0 Å². The second-order valence-electron chi connectivity index (χ2n) is 6.18. The minimum atomic E-state index is -0.151.